The van der Waals surface area contributed by atoms with Crippen molar-refractivity contribution in [3.8, 4) is 0 Å². The van der Waals surface area contributed by atoms with Gasteiger partial charge in [0.1, 0.15) is 5.82 Å². The van der Waals surface area contributed by atoms with E-state index in [1.807, 2.05) is 18.5 Å². The molecule has 0 spiro atoms. The highest BCUT2D eigenvalue weighted by Crippen LogP contribution is 2.19. The third kappa shape index (κ3) is 3.29. The first-order valence-corrected chi connectivity index (χ1v) is 6.68. The summed E-state index contributed by atoms with van der Waals surface area (Å²) in [5, 5.41) is 0. The van der Waals surface area contributed by atoms with Crippen molar-refractivity contribution in [1.29, 1.82) is 0 Å². The zero-order valence-electron chi connectivity index (χ0n) is 10.6. The van der Waals surface area contributed by atoms with Gasteiger partial charge < -0.3 is 4.90 Å². The summed E-state index contributed by atoms with van der Waals surface area (Å²) < 4.78 is 1.02. The maximum absolute atomic E-state index is 4.45. The van der Waals surface area contributed by atoms with E-state index < -0.39 is 0 Å². The highest BCUT2D eigenvalue weighted by Gasteiger charge is 2.06. The molecule has 94 valence electrons. The molecule has 0 amide bonds. The van der Waals surface area contributed by atoms with E-state index in [9.17, 15) is 0 Å². The van der Waals surface area contributed by atoms with Crippen LogP contribution in [0.2, 0.25) is 0 Å². The predicted octanol–water partition coefficient (Wildman–Crippen LogP) is 3.23. The van der Waals surface area contributed by atoms with Gasteiger partial charge in [0.25, 0.3) is 0 Å². The third-order valence-corrected chi connectivity index (χ3v) is 3.27. The lowest BCUT2D eigenvalue weighted by atomic mass is 10.2. The van der Waals surface area contributed by atoms with E-state index in [4.69, 9.17) is 0 Å². The van der Waals surface area contributed by atoms with E-state index in [1.54, 1.807) is 6.20 Å². The van der Waals surface area contributed by atoms with E-state index in [1.165, 1.54) is 11.1 Å². The molecule has 4 heteroatoms. The number of pyridine rings is 2. The van der Waals surface area contributed by atoms with Gasteiger partial charge in [0, 0.05) is 36.7 Å². The van der Waals surface area contributed by atoms with Gasteiger partial charge in [-0.3, -0.25) is 4.98 Å². The minimum absolute atomic E-state index is 0.932. The number of likely N-dealkylation sites (N-methyl/N-ethyl adjacent to an activating group) is 1. The van der Waals surface area contributed by atoms with E-state index in [2.05, 4.69) is 56.9 Å². The van der Waals surface area contributed by atoms with Gasteiger partial charge in [-0.1, -0.05) is 6.07 Å². The normalized spacial score (nSPS) is 10.4. The van der Waals surface area contributed by atoms with E-state index in [-0.39, 0.29) is 0 Å². The van der Waals surface area contributed by atoms with Gasteiger partial charge in [0.2, 0.25) is 0 Å². The molecule has 0 aliphatic carbocycles. The van der Waals surface area contributed by atoms with Crippen molar-refractivity contribution in [2.75, 3.05) is 18.5 Å². The number of halogens is 1. The SMILES string of the molecule is Cc1cc(Br)cnc1N(C)CCc1cccnc1. The number of nitrogens with zero attached hydrogens (tertiary/aromatic N) is 3. The zero-order chi connectivity index (χ0) is 13.0. The van der Waals surface area contributed by atoms with Crippen molar-refractivity contribution >= 4 is 21.7 Å². The average Bonchev–Trinajstić information content (AvgIpc) is 2.37. The van der Waals surface area contributed by atoms with Crippen LogP contribution in [-0.4, -0.2) is 23.6 Å². The van der Waals surface area contributed by atoms with Crippen molar-refractivity contribution in [2.24, 2.45) is 0 Å². The van der Waals surface area contributed by atoms with Crippen LogP contribution in [0.4, 0.5) is 5.82 Å². The van der Waals surface area contributed by atoms with Gasteiger partial charge >= 0.3 is 0 Å². The Labute approximate surface area is 116 Å². The second-order valence-corrected chi connectivity index (χ2v) is 5.24. The molecule has 0 bridgehead atoms. The van der Waals surface area contributed by atoms with E-state index in [0.717, 1.165) is 23.3 Å². The van der Waals surface area contributed by atoms with Crippen molar-refractivity contribution in [1.82, 2.24) is 9.97 Å². The number of hydrogen-bond donors (Lipinski definition) is 0. The number of aryl methyl sites for hydroxylation is 1. The molecule has 18 heavy (non-hydrogen) atoms. The number of hydrogen-bond acceptors (Lipinski definition) is 3. The molecule has 0 aliphatic heterocycles. The minimum Gasteiger partial charge on any atom is -0.359 e. The Morgan fingerprint density at radius 2 is 2.17 bits per heavy atom. The maximum atomic E-state index is 4.45. The third-order valence-electron chi connectivity index (χ3n) is 2.84. The lowest BCUT2D eigenvalue weighted by molar-refractivity contribution is 0.851. The van der Waals surface area contributed by atoms with Crippen LogP contribution >= 0.6 is 15.9 Å². The van der Waals surface area contributed by atoms with Gasteiger partial charge in [0.05, 0.1) is 0 Å². The predicted molar refractivity (Wildman–Crippen MR) is 77.9 cm³/mol. The molecular formula is C14H16BrN3. The van der Waals surface area contributed by atoms with Crippen LogP contribution in [0.5, 0.6) is 0 Å². The van der Waals surface area contributed by atoms with E-state index >= 15 is 0 Å². The molecule has 0 saturated heterocycles. The standard InChI is InChI=1S/C14H16BrN3/c1-11-8-13(15)10-17-14(11)18(2)7-5-12-4-3-6-16-9-12/h3-4,6,8-10H,5,7H2,1-2H3. The molecule has 0 aromatic carbocycles. The average molecular weight is 306 g/mol. The molecule has 0 radical (unpaired) electrons. The molecule has 2 aromatic heterocycles. The molecule has 2 rings (SSSR count). The Kier molecular flexibility index (Phi) is 4.31. The van der Waals surface area contributed by atoms with Crippen LogP contribution in [0.25, 0.3) is 0 Å². The summed E-state index contributed by atoms with van der Waals surface area (Å²) in [5.74, 6) is 1.03. The Balaban J connectivity index is 2.01. The van der Waals surface area contributed by atoms with Crippen molar-refractivity contribution < 1.29 is 0 Å². The summed E-state index contributed by atoms with van der Waals surface area (Å²) in [5.41, 5.74) is 2.43. The second kappa shape index (κ2) is 5.96. The molecule has 0 unspecified atom stereocenters. The van der Waals surface area contributed by atoms with Gasteiger partial charge in [-0.2, -0.15) is 0 Å². The van der Waals surface area contributed by atoms with E-state index in [0.29, 0.717) is 0 Å². The first kappa shape index (κ1) is 13.0. The molecular weight excluding hydrogens is 290 g/mol. The number of rotatable bonds is 4. The summed E-state index contributed by atoms with van der Waals surface area (Å²) in [6, 6.07) is 6.16. The lowest BCUT2D eigenvalue weighted by Crippen LogP contribution is -2.22. The van der Waals surface area contributed by atoms with Crippen LogP contribution in [-0.2, 0) is 6.42 Å². The van der Waals surface area contributed by atoms with Crippen LogP contribution < -0.4 is 4.90 Å². The molecule has 2 aromatic rings. The summed E-state index contributed by atoms with van der Waals surface area (Å²) in [7, 11) is 2.07. The smallest absolute Gasteiger partial charge is 0.131 e. The largest absolute Gasteiger partial charge is 0.359 e. The van der Waals surface area contributed by atoms with Crippen LogP contribution in [0.1, 0.15) is 11.1 Å². The van der Waals surface area contributed by atoms with Crippen LogP contribution in [0, 0.1) is 6.92 Å². The zero-order valence-corrected chi connectivity index (χ0v) is 12.2. The fourth-order valence-corrected chi connectivity index (χ4v) is 2.33. The highest BCUT2D eigenvalue weighted by atomic mass is 79.9. The van der Waals surface area contributed by atoms with Crippen molar-refractivity contribution in [2.45, 2.75) is 13.3 Å². The minimum atomic E-state index is 0.932. The number of aromatic nitrogens is 2. The molecule has 0 N–H and O–H groups in total. The molecule has 0 atom stereocenters. The molecule has 3 nitrogen and oxygen atoms in total. The quantitative estimate of drug-likeness (QED) is 0.868. The van der Waals surface area contributed by atoms with Gasteiger partial charge in [-0.05, 0) is 52.5 Å². The van der Waals surface area contributed by atoms with Crippen LogP contribution in [0.3, 0.4) is 0 Å². The summed E-state index contributed by atoms with van der Waals surface area (Å²) >= 11 is 3.43. The molecule has 2 heterocycles. The lowest BCUT2D eigenvalue weighted by Gasteiger charge is -2.20. The summed E-state index contributed by atoms with van der Waals surface area (Å²) in [6.07, 6.45) is 6.52. The second-order valence-electron chi connectivity index (χ2n) is 4.33. The van der Waals surface area contributed by atoms with Gasteiger partial charge in [-0.25, -0.2) is 4.98 Å². The Bertz CT molecular complexity index is 514. The fraction of sp³-hybridized carbons (Fsp3) is 0.286. The Morgan fingerprint density at radius 3 is 2.83 bits per heavy atom. The van der Waals surface area contributed by atoms with Crippen molar-refractivity contribution in [3.05, 3.63) is 52.4 Å². The van der Waals surface area contributed by atoms with Crippen molar-refractivity contribution in [3.63, 3.8) is 0 Å². The first-order chi connectivity index (χ1) is 8.66. The van der Waals surface area contributed by atoms with Gasteiger partial charge in [-0.15, -0.1) is 0 Å². The first-order valence-electron chi connectivity index (χ1n) is 5.89. The Morgan fingerprint density at radius 1 is 1.33 bits per heavy atom. The highest BCUT2D eigenvalue weighted by molar-refractivity contribution is 9.10. The molecule has 0 saturated carbocycles. The maximum Gasteiger partial charge on any atom is 0.131 e. The monoisotopic (exact) mass is 305 g/mol. The number of anilines is 1. The molecule has 0 aliphatic rings. The van der Waals surface area contributed by atoms with Gasteiger partial charge in [0.15, 0.2) is 0 Å². The summed E-state index contributed by atoms with van der Waals surface area (Å²) in [6.45, 7) is 3.01. The van der Waals surface area contributed by atoms with Crippen LogP contribution in [0.15, 0.2) is 41.3 Å². The summed E-state index contributed by atoms with van der Waals surface area (Å²) in [4.78, 5) is 10.8. The molecule has 0 fully saturated rings. The fourth-order valence-electron chi connectivity index (χ4n) is 1.88. The topological polar surface area (TPSA) is 29.0 Å². The Hall–Kier alpha value is -1.42.